The number of rotatable bonds is 5. The molecule has 0 unspecified atom stereocenters. The van der Waals surface area contributed by atoms with Crippen LogP contribution in [0, 0.1) is 0 Å². The molecule has 0 saturated carbocycles. The normalized spacial score (nSPS) is 12.1. The van der Waals surface area contributed by atoms with Crippen LogP contribution in [0.1, 0.15) is 0 Å². The Kier molecular flexibility index (Phi) is 4.10. The fraction of sp³-hybridized carbons (Fsp3) is 0.231. The second-order valence-electron chi connectivity index (χ2n) is 3.91. The first-order chi connectivity index (χ1) is 6.73. The van der Waals surface area contributed by atoms with E-state index in [1.165, 1.54) is 5.30 Å². The Morgan fingerprint density at radius 2 is 1.57 bits per heavy atom. The Bertz CT molecular complexity index is 290. The van der Waals surface area contributed by atoms with Gasteiger partial charge in [0.2, 0.25) is 0 Å². The Hall–Kier alpha value is -0.870. The third-order valence-electron chi connectivity index (χ3n) is 2.66. The Morgan fingerprint density at radius 3 is 2.00 bits per heavy atom. The summed E-state index contributed by atoms with van der Waals surface area (Å²) in [5.74, 6) is 0. The fourth-order valence-corrected chi connectivity index (χ4v) is 4.71. The second kappa shape index (κ2) is 5.12. The van der Waals surface area contributed by atoms with Crippen LogP contribution in [0.2, 0.25) is 0 Å². The maximum absolute atomic E-state index is 3.85. The van der Waals surface area contributed by atoms with Gasteiger partial charge in [0.25, 0.3) is 0 Å². The van der Waals surface area contributed by atoms with Crippen LogP contribution < -0.4 is 5.30 Å². The molecule has 0 spiro atoms. The van der Waals surface area contributed by atoms with Crippen molar-refractivity contribution in [3.05, 3.63) is 55.6 Å². The molecule has 0 radical (unpaired) electrons. The molecule has 0 aromatic heterocycles. The van der Waals surface area contributed by atoms with Gasteiger partial charge in [-0.15, -0.1) is 0 Å². The second-order valence-corrected chi connectivity index (χ2v) is 8.43. The minimum atomic E-state index is -1.36. The van der Waals surface area contributed by atoms with Crippen LogP contribution in [-0.4, -0.2) is 19.0 Å². The average molecular weight is 206 g/mol. The SMILES string of the molecule is C=CC[PH](C)(CC=C)c1ccccc1. The Morgan fingerprint density at radius 1 is 1.07 bits per heavy atom. The van der Waals surface area contributed by atoms with E-state index in [2.05, 4.69) is 50.2 Å². The van der Waals surface area contributed by atoms with E-state index in [0.717, 1.165) is 12.3 Å². The predicted octanol–water partition coefficient (Wildman–Crippen LogP) is 3.06. The van der Waals surface area contributed by atoms with Gasteiger partial charge in [-0.05, 0) is 0 Å². The van der Waals surface area contributed by atoms with Crippen LogP contribution in [0.4, 0.5) is 0 Å². The van der Waals surface area contributed by atoms with Crippen molar-refractivity contribution in [3.63, 3.8) is 0 Å². The molecule has 1 aromatic rings. The quantitative estimate of drug-likeness (QED) is 0.513. The predicted molar refractivity (Wildman–Crippen MR) is 70.4 cm³/mol. The van der Waals surface area contributed by atoms with Crippen molar-refractivity contribution in [1.29, 1.82) is 0 Å². The maximum atomic E-state index is 3.85. The molecular formula is C13H19P. The summed E-state index contributed by atoms with van der Waals surface area (Å²) in [6, 6.07) is 10.8. The minimum absolute atomic E-state index is 1.13. The van der Waals surface area contributed by atoms with Crippen LogP contribution in [0.5, 0.6) is 0 Å². The van der Waals surface area contributed by atoms with Crippen LogP contribution in [0.25, 0.3) is 0 Å². The van der Waals surface area contributed by atoms with Crippen LogP contribution >= 0.6 is 7.26 Å². The molecule has 76 valence electrons. The molecule has 1 heteroatoms. The molecule has 14 heavy (non-hydrogen) atoms. The Labute approximate surface area is 87.7 Å². The third-order valence-corrected chi connectivity index (χ3v) is 6.77. The van der Waals surface area contributed by atoms with E-state index in [0.29, 0.717) is 0 Å². The zero-order valence-corrected chi connectivity index (χ0v) is 9.87. The summed E-state index contributed by atoms with van der Waals surface area (Å²) in [6.07, 6.45) is 6.34. The number of allylic oxidation sites excluding steroid dienone is 2. The van der Waals surface area contributed by atoms with E-state index in [1.54, 1.807) is 0 Å². The average Bonchev–Trinajstić information content (AvgIpc) is 2.20. The molecule has 0 aliphatic rings. The van der Waals surface area contributed by atoms with E-state index in [9.17, 15) is 0 Å². The van der Waals surface area contributed by atoms with E-state index in [1.807, 2.05) is 12.2 Å². The van der Waals surface area contributed by atoms with Gasteiger partial charge in [0.15, 0.2) is 0 Å². The van der Waals surface area contributed by atoms with Crippen molar-refractivity contribution in [1.82, 2.24) is 0 Å². The van der Waals surface area contributed by atoms with E-state index < -0.39 is 7.26 Å². The van der Waals surface area contributed by atoms with Crippen molar-refractivity contribution >= 4 is 12.6 Å². The van der Waals surface area contributed by atoms with Gasteiger partial charge in [-0.3, -0.25) is 0 Å². The summed E-state index contributed by atoms with van der Waals surface area (Å²) < 4.78 is 0. The first-order valence-corrected chi connectivity index (χ1v) is 7.91. The molecule has 0 atom stereocenters. The van der Waals surface area contributed by atoms with Crippen molar-refractivity contribution < 1.29 is 0 Å². The van der Waals surface area contributed by atoms with Crippen LogP contribution in [0.3, 0.4) is 0 Å². The molecule has 0 aliphatic carbocycles. The number of benzene rings is 1. The first-order valence-electron chi connectivity index (χ1n) is 5.00. The van der Waals surface area contributed by atoms with E-state index >= 15 is 0 Å². The molecule has 0 amide bonds. The molecule has 0 fully saturated rings. The van der Waals surface area contributed by atoms with Gasteiger partial charge < -0.3 is 0 Å². The molecule has 0 heterocycles. The summed E-state index contributed by atoms with van der Waals surface area (Å²) in [5, 5.41) is 1.50. The van der Waals surface area contributed by atoms with Crippen LogP contribution in [0.15, 0.2) is 55.6 Å². The van der Waals surface area contributed by atoms with Crippen LogP contribution in [-0.2, 0) is 0 Å². The molecule has 1 aromatic carbocycles. The van der Waals surface area contributed by atoms with Crippen molar-refractivity contribution in [2.75, 3.05) is 19.0 Å². The van der Waals surface area contributed by atoms with Gasteiger partial charge in [-0.1, -0.05) is 0 Å². The van der Waals surface area contributed by atoms with Gasteiger partial charge in [-0.25, -0.2) is 0 Å². The fourth-order valence-electron chi connectivity index (χ4n) is 1.80. The number of hydrogen-bond acceptors (Lipinski definition) is 0. The van der Waals surface area contributed by atoms with Crippen molar-refractivity contribution in [3.8, 4) is 0 Å². The summed E-state index contributed by atoms with van der Waals surface area (Å²) in [7, 11) is -1.36. The summed E-state index contributed by atoms with van der Waals surface area (Å²) >= 11 is 0. The van der Waals surface area contributed by atoms with Crippen molar-refractivity contribution in [2.24, 2.45) is 0 Å². The standard InChI is InChI=1S/C13H19P/c1-4-11-14(3,12-5-2)13-9-7-6-8-10-13/h4-10,14H,1-2,11-12H2,3H3. The summed E-state index contributed by atoms with van der Waals surface area (Å²) in [5.41, 5.74) is 0. The number of hydrogen-bond donors (Lipinski definition) is 0. The van der Waals surface area contributed by atoms with Crippen molar-refractivity contribution in [2.45, 2.75) is 0 Å². The molecule has 0 N–H and O–H groups in total. The van der Waals surface area contributed by atoms with Gasteiger partial charge in [-0.2, -0.15) is 0 Å². The third kappa shape index (κ3) is 2.56. The molecule has 0 aliphatic heterocycles. The van der Waals surface area contributed by atoms with Gasteiger partial charge >= 0.3 is 87.2 Å². The monoisotopic (exact) mass is 206 g/mol. The molecule has 1 rings (SSSR count). The van der Waals surface area contributed by atoms with E-state index in [-0.39, 0.29) is 0 Å². The topological polar surface area (TPSA) is 0 Å². The molecular weight excluding hydrogens is 187 g/mol. The van der Waals surface area contributed by atoms with E-state index in [4.69, 9.17) is 0 Å². The summed E-state index contributed by atoms with van der Waals surface area (Å²) in [4.78, 5) is 0. The molecule has 0 nitrogen and oxygen atoms in total. The molecule has 0 saturated heterocycles. The first kappa shape index (κ1) is 11.2. The Balaban J connectivity index is 2.98. The molecule has 0 bridgehead atoms. The van der Waals surface area contributed by atoms with Gasteiger partial charge in [0.1, 0.15) is 0 Å². The van der Waals surface area contributed by atoms with Gasteiger partial charge in [0.05, 0.1) is 0 Å². The summed E-state index contributed by atoms with van der Waals surface area (Å²) in [6.45, 7) is 10.1. The van der Waals surface area contributed by atoms with Gasteiger partial charge in [0, 0.05) is 0 Å². The zero-order valence-electron chi connectivity index (χ0n) is 8.87. The zero-order chi connectivity index (χ0) is 10.4.